The number of hydrogen-bond acceptors (Lipinski definition) is 5. The number of nitrogens with one attached hydrogen (secondary N) is 1. The molecule has 0 bridgehead atoms. The molecule has 0 atom stereocenters. The molecule has 1 aromatic rings. The summed E-state index contributed by atoms with van der Waals surface area (Å²) >= 11 is 0. The van der Waals surface area contributed by atoms with E-state index in [1.165, 1.54) is 6.07 Å². The summed E-state index contributed by atoms with van der Waals surface area (Å²) in [5, 5.41) is 14.2. The molecule has 1 heterocycles. The van der Waals surface area contributed by atoms with E-state index < -0.39 is 0 Å². The van der Waals surface area contributed by atoms with Crippen LogP contribution in [0.4, 0.5) is 5.69 Å². The van der Waals surface area contributed by atoms with Crippen molar-refractivity contribution >= 4 is 5.69 Å². The van der Waals surface area contributed by atoms with Crippen LogP contribution in [0, 0.1) is 10.1 Å². The van der Waals surface area contributed by atoms with Crippen LogP contribution < -0.4 is 5.32 Å². The first-order valence-electron chi connectivity index (χ1n) is 7.42. The summed E-state index contributed by atoms with van der Waals surface area (Å²) in [5.74, 6) is -0.330. The summed E-state index contributed by atoms with van der Waals surface area (Å²) in [6.07, 6.45) is 3.85. The molecule has 0 amide bonds. The van der Waals surface area contributed by atoms with E-state index in [1.54, 1.807) is 12.1 Å². The highest BCUT2D eigenvalue weighted by Crippen LogP contribution is 2.35. The van der Waals surface area contributed by atoms with E-state index in [4.69, 9.17) is 9.47 Å². The monoisotopic (exact) mass is 292 g/mol. The molecule has 0 radical (unpaired) electrons. The van der Waals surface area contributed by atoms with Crippen molar-refractivity contribution in [2.24, 2.45) is 0 Å². The van der Waals surface area contributed by atoms with E-state index in [1.807, 2.05) is 6.07 Å². The van der Waals surface area contributed by atoms with Crippen molar-refractivity contribution in [3.05, 3.63) is 39.9 Å². The summed E-state index contributed by atoms with van der Waals surface area (Å²) in [7, 11) is 0. The predicted octanol–water partition coefficient (Wildman–Crippen LogP) is 2.37. The predicted molar refractivity (Wildman–Crippen MR) is 76.8 cm³/mol. The van der Waals surface area contributed by atoms with E-state index in [2.05, 4.69) is 5.32 Å². The van der Waals surface area contributed by atoms with E-state index in [0.717, 1.165) is 31.2 Å². The molecule has 2 fully saturated rings. The molecule has 1 aliphatic heterocycles. The van der Waals surface area contributed by atoms with Crippen molar-refractivity contribution in [2.75, 3.05) is 13.2 Å². The van der Waals surface area contributed by atoms with Crippen molar-refractivity contribution in [1.29, 1.82) is 0 Å². The van der Waals surface area contributed by atoms with Gasteiger partial charge in [0, 0.05) is 37.6 Å². The second-order valence-electron chi connectivity index (χ2n) is 5.69. The minimum Gasteiger partial charge on any atom is -0.348 e. The largest absolute Gasteiger partial charge is 0.348 e. The SMILES string of the molecule is O=[N+]([O-])c1cccc(CNC2CCC3(CC2)OCCO3)c1. The standard InChI is InChI=1S/C15H20N2O4/c18-17(19)14-3-1-2-12(10-14)11-16-13-4-6-15(7-5-13)20-8-9-21-15/h1-3,10,13,16H,4-9,11H2. The first-order chi connectivity index (χ1) is 10.2. The van der Waals surface area contributed by atoms with E-state index in [-0.39, 0.29) is 16.4 Å². The van der Waals surface area contributed by atoms with Crippen LogP contribution in [0.25, 0.3) is 0 Å². The zero-order chi connectivity index (χ0) is 14.7. The summed E-state index contributed by atoms with van der Waals surface area (Å²) in [4.78, 5) is 10.4. The van der Waals surface area contributed by atoms with Gasteiger partial charge in [-0.15, -0.1) is 0 Å². The first kappa shape index (κ1) is 14.4. The molecule has 1 spiro atoms. The fourth-order valence-corrected chi connectivity index (χ4v) is 3.09. The molecule has 6 nitrogen and oxygen atoms in total. The van der Waals surface area contributed by atoms with E-state index in [9.17, 15) is 10.1 Å². The number of nitrogens with zero attached hydrogens (tertiary/aromatic N) is 1. The van der Waals surface area contributed by atoms with Crippen molar-refractivity contribution in [1.82, 2.24) is 5.32 Å². The minimum atomic E-state index is -0.358. The third kappa shape index (κ3) is 3.40. The molecule has 1 N–H and O–H groups in total. The Morgan fingerprint density at radius 2 is 2.00 bits per heavy atom. The zero-order valence-corrected chi connectivity index (χ0v) is 11.9. The second kappa shape index (κ2) is 6.09. The Kier molecular flexibility index (Phi) is 4.19. The van der Waals surface area contributed by atoms with Gasteiger partial charge >= 0.3 is 0 Å². The Labute approximate surface area is 123 Å². The molecule has 114 valence electrons. The normalized spacial score (nSPS) is 21.7. The third-order valence-corrected chi connectivity index (χ3v) is 4.28. The molecular weight excluding hydrogens is 272 g/mol. The van der Waals surface area contributed by atoms with Crippen LogP contribution in [0.3, 0.4) is 0 Å². The molecule has 1 saturated carbocycles. The quantitative estimate of drug-likeness (QED) is 0.681. The molecule has 3 rings (SSSR count). The molecule has 21 heavy (non-hydrogen) atoms. The number of non-ortho nitro benzene ring substituents is 1. The molecule has 1 aromatic carbocycles. The smallest absolute Gasteiger partial charge is 0.269 e. The lowest BCUT2D eigenvalue weighted by molar-refractivity contribution is -0.384. The molecule has 2 aliphatic rings. The second-order valence-corrected chi connectivity index (χ2v) is 5.69. The Bertz CT molecular complexity index is 504. The van der Waals surface area contributed by atoms with Crippen molar-refractivity contribution in [3.8, 4) is 0 Å². The molecule has 1 saturated heterocycles. The van der Waals surface area contributed by atoms with Gasteiger partial charge in [0.25, 0.3) is 5.69 Å². The highest BCUT2D eigenvalue weighted by atomic mass is 16.7. The fourth-order valence-electron chi connectivity index (χ4n) is 3.09. The molecule has 0 unspecified atom stereocenters. The number of benzene rings is 1. The summed E-state index contributed by atoms with van der Waals surface area (Å²) in [5.41, 5.74) is 1.09. The fraction of sp³-hybridized carbons (Fsp3) is 0.600. The first-order valence-corrected chi connectivity index (χ1v) is 7.42. The van der Waals surface area contributed by atoms with Crippen LogP contribution in [0.2, 0.25) is 0 Å². The van der Waals surface area contributed by atoms with Gasteiger partial charge in [-0.1, -0.05) is 12.1 Å². The maximum Gasteiger partial charge on any atom is 0.269 e. The van der Waals surface area contributed by atoms with Gasteiger partial charge in [0.2, 0.25) is 0 Å². The van der Waals surface area contributed by atoms with Crippen molar-refractivity contribution < 1.29 is 14.4 Å². The van der Waals surface area contributed by atoms with Crippen LogP contribution in [0.1, 0.15) is 31.2 Å². The summed E-state index contributed by atoms with van der Waals surface area (Å²) in [6, 6.07) is 7.20. The lowest BCUT2D eigenvalue weighted by atomic mass is 9.90. The topological polar surface area (TPSA) is 73.6 Å². The molecule has 6 heteroatoms. The zero-order valence-electron chi connectivity index (χ0n) is 11.9. The van der Waals surface area contributed by atoms with Crippen LogP contribution in [0.15, 0.2) is 24.3 Å². The Hall–Kier alpha value is -1.50. The average Bonchev–Trinajstić information content (AvgIpc) is 2.95. The molecular formula is C15H20N2O4. The third-order valence-electron chi connectivity index (χ3n) is 4.28. The number of rotatable bonds is 4. The van der Waals surface area contributed by atoms with Gasteiger partial charge in [0.15, 0.2) is 5.79 Å². The van der Waals surface area contributed by atoms with Gasteiger partial charge < -0.3 is 14.8 Å². The van der Waals surface area contributed by atoms with Gasteiger partial charge in [0.1, 0.15) is 0 Å². The maximum atomic E-state index is 10.8. The number of nitro benzene ring substituents is 1. The van der Waals surface area contributed by atoms with E-state index >= 15 is 0 Å². The van der Waals surface area contributed by atoms with Crippen LogP contribution in [0.5, 0.6) is 0 Å². The average molecular weight is 292 g/mol. The maximum absolute atomic E-state index is 10.8. The lowest BCUT2D eigenvalue weighted by Crippen LogP contribution is -2.41. The van der Waals surface area contributed by atoms with Gasteiger partial charge in [-0.2, -0.15) is 0 Å². The van der Waals surface area contributed by atoms with Gasteiger partial charge in [-0.25, -0.2) is 0 Å². The Morgan fingerprint density at radius 1 is 1.29 bits per heavy atom. The van der Waals surface area contributed by atoms with Crippen LogP contribution in [-0.4, -0.2) is 30.0 Å². The number of ether oxygens (including phenoxy) is 2. The van der Waals surface area contributed by atoms with Gasteiger partial charge in [0.05, 0.1) is 18.1 Å². The lowest BCUT2D eigenvalue weighted by Gasteiger charge is -2.35. The summed E-state index contributed by atoms with van der Waals surface area (Å²) < 4.78 is 11.4. The van der Waals surface area contributed by atoms with Crippen LogP contribution in [-0.2, 0) is 16.0 Å². The highest BCUT2D eigenvalue weighted by molar-refractivity contribution is 5.34. The van der Waals surface area contributed by atoms with Gasteiger partial charge in [-0.05, 0) is 18.4 Å². The van der Waals surface area contributed by atoms with Gasteiger partial charge in [-0.3, -0.25) is 10.1 Å². The highest BCUT2D eigenvalue weighted by Gasteiger charge is 2.40. The van der Waals surface area contributed by atoms with Crippen LogP contribution >= 0.6 is 0 Å². The number of hydrogen-bond donors (Lipinski definition) is 1. The van der Waals surface area contributed by atoms with E-state index in [0.29, 0.717) is 25.8 Å². The summed E-state index contributed by atoms with van der Waals surface area (Å²) in [6.45, 7) is 2.05. The Morgan fingerprint density at radius 3 is 2.67 bits per heavy atom. The van der Waals surface area contributed by atoms with Crippen molar-refractivity contribution in [3.63, 3.8) is 0 Å². The molecule has 0 aromatic heterocycles. The Balaban J connectivity index is 1.50. The minimum absolute atomic E-state index is 0.143. The van der Waals surface area contributed by atoms with Crippen molar-refractivity contribution in [2.45, 2.75) is 44.1 Å². The number of nitro groups is 1. The molecule has 1 aliphatic carbocycles.